The van der Waals surface area contributed by atoms with Crippen LogP contribution >= 0.6 is 11.8 Å². The highest BCUT2D eigenvalue weighted by Gasteiger charge is 2.11. The van der Waals surface area contributed by atoms with Crippen molar-refractivity contribution in [2.45, 2.75) is 30.0 Å². The predicted octanol–water partition coefficient (Wildman–Crippen LogP) is 5.57. The Bertz CT molecular complexity index is 875. The summed E-state index contributed by atoms with van der Waals surface area (Å²) >= 11 is 1.56. The number of hydrogen-bond donors (Lipinski definition) is 0. The second-order valence-electron chi connectivity index (χ2n) is 6.77. The number of aromatic nitrogens is 2. The van der Waals surface area contributed by atoms with Gasteiger partial charge in [0.05, 0.1) is 5.69 Å². The van der Waals surface area contributed by atoms with Gasteiger partial charge >= 0.3 is 0 Å². The highest BCUT2D eigenvalue weighted by atomic mass is 32.2. The summed E-state index contributed by atoms with van der Waals surface area (Å²) in [7, 11) is 0. The summed E-state index contributed by atoms with van der Waals surface area (Å²) in [6.45, 7) is 2.30. The molecule has 0 spiro atoms. The molecule has 3 aromatic rings. The Morgan fingerprint density at radius 2 is 1.70 bits per heavy atom. The molecule has 0 N–H and O–H groups in total. The van der Waals surface area contributed by atoms with Crippen LogP contribution in [0.1, 0.15) is 24.8 Å². The number of nitrogens with zero attached hydrogens (tertiary/aromatic N) is 3. The molecule has 1 aromatic heterocycles. The van der Waals surface area contributed by atoms with Crippen LogP contribution in [0.5, 0.6) is 0 Å². The van der Waals surface area contributed by atoms with Gasteiger partial charge in [-0.3, -0.25) is 0 Å². The van der Waals surface area contributed by atoms with Crippen molar-refractivity contribution in [3.63, 3.8) is 0 Å². The van der Waals surface area contributed by atoms with E-state index in [9.17, 15) is 4.39 Å². The molecular formula is C22H22FN3S. The first-order valence-corrected chi connectivity index (χ1v) is 10.3. The maximum absolute atomic E-state index is 13.2. The number of benzene rings is 2. The lowest BCUT2D eigenvalue weighted by molar-refractivity contribution is 0.578. The van der Waals surface area contributed by atoms with E-state index in [0.29, 0.717) is 5.75 Å². The second kappa shape index (κ2) is 8.53. The third kappa shape index (κ3) is 4.66. The summed E-state index contributed by atoms with van der Waals surface area (Å²) in [4.78, 5) is 2.45. The topological polar surface area (TPSA) is 29.0 Å². The zero-order valence-corrected chi connectivity index (χ0v) is 16.0. The molecule has 0 aliphatic carbocycles. The number of piperidine rings is 1. The number of hydrogen-bond acceptors (Lipinski definition) is 4. The molecule has 2 aromatic carbocycles. The average molecular weight is 380 g/mol. The van der Waals surface area contributed by atoms with Gasteiger partial charge in [-0.1, -0.05) is 36.0 Å². The molecule has 1 aliphatic rings. The van der Waals surface area contributed by atoms with Crippen LogP contribution in [0, 0.1) is 5.82 Å². The van der Waals surface area contributed by atoms with Gasteiger partial charge in [0.1, 0.15) is 10.8 Å². The molecule has 0 saturated carbocycles. The Kier molecular flexibility index (Phi) is 5.68. The highest BCUT2D eigenvalue weighted by Crippen LogP contribution is 2.26. The van der Waals surface area contributed by atoms with E-state index in [-0.39, 0.29) is 5.82 Å². The van der Waals surface area contributed by atoms with Crippen LogP contribution in [-0.4, -0.2) is 23.3 Å². The Labute approximate surface area is 163 Å². The predicted molar refractivity (Wildman–Crippen MR) is 109 cm³/mol. The molecule has 1 aliphatic heterocycles. The van der Waals surface area contributed by atoms with Crippen LogP contribution in [-0.2, 0) is 5.75 Å². The maximum Gasteiger partial charge on any atom is 0.123 e. The van der Waals surface area contributed by atoms with Crippen LogP contribution in [0.3, 0.4) is 0 Å². The molecule has 0 amide bonds. The maximum atomic E-state index is 13.2. The lowest BCUT2D eigenvalue weighted by Gasteiger charge is -2.28. The molecule has 138 valence electrons. The van der Waals surface area contributed by atoms with E-state index in [1.54, 1.807) is 23.9 Å². The standard InChI is InChI=1S/C22H22FN3S/c23-19-6-4-5-17(15-19)16-27-22-12-11-21(24-25-22)18-7-9-20(10-8-18)26-13-2-1-3-14-26/h4-12,15H,1-3,13-14,16H2. The smallest absolute Gasteiger partial charge is 0.123 e. The minimum absolute atomic E-state index is 0.206. The summed E-state index contributed by atoms with van der Waals surface area (Å²) in [6, 6.07) is 19.2. The van der Waals surface area contributed by atoms with Crippen molar-refractivity contribution in [3.8, 4) is 11.3 Å². The van der Waals surface area contributed by atoms with Crippen molar-refractivity contribution in [2.24, 2.45) is 0 Å². The zero-order chi connectivity index (χ0) is 18.5. The number of thioether (sulfide) groups is 1. The first-order chi connectivity index (χ1) is 13.3. The summed E-state index contributed by atoms with van der Waals surface area (Å²) in [5.74, 6) is 0.471. The van der Waals surface area contributed by atoms with Crippen molar-refractivity contribution >= 4 is 17.4 Å². The van der Waals surface area contributed by atoms with Gasteiger partial charge in [-0.25, -0.2) is 4.39 Å². The van der Waals surface area contributed by atoms with Gasteiger partial charge in [-0.05, 0) is 61.2 Å². The molecule has 0 radical (unpaired) electrons. The van der Waals surface area contributed by atoms with Crippen LogP contribution in [0.25, 0.3) is 11.3 Å². The van der Waals surface area contributed by atoms with E-state index >= 15 is 0 Å². The first kappa shape index (κ1) is 18.0. The molecule has 27 heavy (non-hydrogen) atoms. The van der Waals surface area contributed by atoms with Gasteiger partial charge < -0.3 is 4.90 Å². The molecule has 5 heteroatoms. The molecule has 0 unspecified atom stereocenters. The lowest BCUT2D eigenvalue weighted by Crippen LogP contribution is -2.29. The van der Waals surface area contributed by atoms with E-state index in [1.165, 1.54) is 31.0 Å². The minimum atomic E-state index is -0.206. The highest BCUT2D eigenvalue weighted by molar-refractivity contribution is 7.98. The Balaban J connectivity index is 1.39. The largest absolute Gasteiger partial charge is 0.372 e. The fourth-order valence-corrected chi connectivity index (χ4v) is 4.09. The summed E-state index contributed by atoms with van der Waals surface area (Å²) in [5.41, 5.74) is 4.17. The van der Waals surface area contributed by atoms with Crippen molar-refractivity contribution in [1.29, 1.82) is 0 Å². The fraction of sp³-hybridized carbons (Fsp3) is 0.273. The molecular weight excluding hydrogens is 357 g/mol. The Hall–Kier alpha value is -2.40. The van der Waals surface area contributed by atoms with Crippen molar-refractivity contribution in [3.05, 3.63) is 72.0 Å². The zero-order valence-electron chi connectivity index (χ0n) is 15.1. The molecule has 4 rings (SSSR count). The van der Waals surface area contributed by atoms with Crippen molar-refractivity contribution in [1.82, 2.24) is 10.2 Å². The molecule has 0 atom stereocenters. The average Bonchev–Trinajstić information content (AvgIpc) is 2.74. The van der Waals surface area contributed by atoms with Gasteiger partial charge in [-0.15, -0.1) is 10.2 Å². The van der Waals surface area contributed by atoms with Gasteiger partial charge in [-0.2, -0.15) is 0 Å². The molecule has 3 nitrogen and oxygen atoms in total. The third-order valence-corrected chi connectivity index (χ3v) is 5.79. The second-order valence-corrected chi connectivity index (χ2v) is 7.77. The summed E-state index contributed by atoms with van der Waals surface area (Å²) in [5, 5.41) is 9.52. The summed E-state index contributed by atoms with van der Waals surface area (Å²) in [6.07, 6.45) is 3.90. The number of anilines is 1. The molecule has 0 bridgehead atoms. The molecule has 1 saturated heterocycles. The van der Waals surface area contributed by atoms with Crippen molar-refractivity contribution in [2.75, 3.05) is 18.0 Å². The van der Waals surface area contributed by atoms with Crippen LogP contribution < -0.4 is 4.90 Å². The molecule has 2 heterocycles. The minimum Gasteiger partial charge on any atom is -0.372 e. The van der Waals surface area contributed by atoms with E-state index in [4.69, 9.17) is 0 Å². The van der Waals surface area contributed by atoms with Crippen molar-refractivity contribution < 1.29 is 4.39 Å². The van der Waals surface area contributed by atoms with Gasteiger partial charge in [0.25, 0.3) is 0 Å². The Morgan fingerprint density at radius 3 is 2.41 bits per heavy atom. The number of halogens is 1. The van der Waals surface area contributed by atoms with Crippen LogP contribution in [0.4, 0.5) is 10.1 Å². The van der Waals surface area contributed by atoms with E-state index in [2.05, 4.69) is 39.4 Å². The van der Waals surface area contributed by atoms with E-state index < -0.39 is 0 Å². The third-order valence-electron chi connectivity index (χ3n) is 4.80. The Morgan fingerprint density at radius 1 is 0.889 bits per heavy atom. The van der Waals surface area contributed by atoms with E-state index in [0.717, 1.165) is 34.9 Å². The molecule has 1 fully saturated rings. The summed E-state index contributed by atoms with van der Waals surface area (Å²) < 4.78 is 13.2. The van der Waals surface area contributed by atoms with Gasteiger partial charge in [0.2, 0.25) is 0 Å². The van der Waals surface area contributed by atoms with E-state index in [1.807, 2.05) is 18.2 Å². The number of rotatable bonds is 5. The van der Waals surface area contributed by atoms with Crippen LogP contribution in [0.15, 0.2) is 65.7 Å². The van der Waals surface area contributed by atoms with Crippen LogP contribution in [0.2, 0.25) is 0 Å². The van der Waals surface area contributed by atoms with Gasteiger partial charge in [0.15, 0.2) is 0 Å². The van der Waals surface area contributed by atoms with Gasteiger partial charge in [0, 0.05) is 30.1 Å². The quantitative estimate of drug-likeness (QED) is 0.542. The lowest BCUT2D eigenvalue weighted by atomic mass is 10.1. The fourth-order valence-electron chi connectivity index (χ4n) is 3.33. The monoisotopic (exact) mass is 379 g/mol. The first-order valence-electron chi connectivity index (χ1n) is 9.34. The SMILES string of the molecule is Fc1cccc(CSc2ccc(-c3ccc(N4CCCCC4)cc3)nn2)c1. The normalized spacial score (nSPS) is 14.3.